The number of aliphatic imine (C=N–C) groups is 1. The first-order valence-electron chi connectivity index (χ1n) is 12.3. The van der Waals surface area contributed by atoms with Crippen LogP contribution in [0.1, 0.15) is 30.3 Å². The van der Waals surface area contributed by atoms with Gasteiger partial charge in [-0.2, -0.15) is 0 Å². The zero-order valence-corrected chi connectivity index (χ0v) is 20.6. The van der Waals surface area contributed by atoms with Crippen molar-refractivity contribution in [1.29, 1.82) is 0 Å². The molecule has 0 atom stereocenters. The van der Waals surface area contributed by atoms with Crippen molar-refractivity contribution in [3.63, 3.8) is 0 Å². The Morgan fingerprint density at radius 2 is 1.84 bits per heavy atom. The number of hydrogen-bond donors (Lipinski definition) is 3. The number of carbonyl (C=O) groups excluding carboxylic acids is 1. The van der Waals surface area contributed by atoms with Crippen LogP contribution in [-0.2, 0) is 11.3 Å². The molecule has 0 fully saturated rings. The molecule has 0 radical (unpaired) electrons. The quantitative estimate of drug-likeness (QED) is 0.309. The summed E-state index contributed by atoms with van der Waals surface area (Å²) in [6.45, 7) is 2.91. The SMILES string of the molecule is CCC(=O)Nc1cncc(-c2ccc3c(c2)C(c2nc4nccc(-c5ccc(F)cc5)c4[nH]2)=NCNC3)c1. The Morgan fingerprint density at radius 3 is 2.68 bits per heavy atom. The maximum Gasteiger partial charge on any atom is 0.224 e. The smallest absolute Gasteiger partial charge is 0.224 e. The molecule has 8 nitrogen and oxygen atoms in total. The van der Waals surface area contributed by atoms with Gasteiger partial charge in [0.15, 0.2) is 11.5 Å². The molecule has 0 spiro atoms. The number of fused-ring (bicyclic) bond motifs is 2. The van der Waals surface area contributed by atoms with Gasteiger partial charge in [0.1, 0.15) is 11.5 Å². The number of rotatable bonds is 5. The summed E-state index contributed by atoms with van der Waals surface area (Å²) in [6, 6.07) is 16.3. The van der Waals surface area contributed by atoms with E-state index in [1.165, 1.54) is 12.1 Å². The Bertz CT molecular complexity index is 1690. The van der Waals surface area contributed by atoms with E-state index in [9.17, 15) is 9.18 Å². The van der Waals surface area contributed by atoms with Gasteiger partial charge in [-0.15, -0.1) is 0 Å². The molecule has 3 N–H and O–H groups in total. The molecule has 2 aromatic carbocycles. The highest BCUT2D eigenvalue weighted by atomic mass is 19.1. The van der Waals surface area contributed by atoms with Crippen LogP contribution in [-0.4, -0.2) is 38.2 Å². The Labute approximate surface area is 218 Å². The Morgan fingerprint density at radius 1 is 1.00 bits per heavy atom. The molecule has 0 bridgehead atoms. The normalized spacial score (nSPS) is 13.1. The number of benzene rings is 2. The van der Waals surface area contributed by atoms with Crippen molar-refractivity contribution in [3.05, 3.63) is 96.0 Å². The third-order valence-electron chi connectivity index (χ3n) is 6.48. The number of amides is 1. The van der Waals surface area contributed by atoms with Crippen LogP contribution in [0.2, 0.25) is 0 Å². The first-order chi connectivity index (χ1) is 18.6. The Balaban J connectivity index is 1.42. The molecular weight excluding hydrogens is 481 g/mol. The van der Waals surface area contributed by atoms with Gasteiger partial charge >= 0.3 is 0 Å². The summed E-state index contributed by atoms with van der Waals surface area (Å²) in [4.78, 5) is 33.7. The number of aromatic amines is 1. The average molecular weight is 506 g/mol. The lowest BCUT2D eigenvalue weighted by Gasteiger charge is -2.11. The van der Waals surface area contributed by atoms with E-state index in [1.54, 1.807) is 30.7 Å². The lowest BCUT2D eigenvalue weighted by atomic mass is 9.96. The number of carbonyl (C=O) groups is 1. The van der Waals surface area contributed by atoms with Gasteiger partial charge < -0.3 is 10.3 Å². The highest BCUT2D eigenvalue weighted by Crippen LogP contribution is 2.29. The van der Waals surface area contributed by atoms with E-state index >= 15 is 0 Å². The molecule has 1 aliphatic heterocycles. The van der Waals surface area contributed by atoms with Crippen molar-refractivity contribution < 1.29 is 9.18 Å². The van der Waals surface area contributed by atoms with Gasteiger partial charge in [-0.25, -0.2) is 14.4 Å². The van der Waals surface area contributed by atoms with E-state index < -0.39 is 0 Å². The van der Waals surface area contributed by atoms with Crippen LogP contribution in [0, 0.1) is 5.82 Å². The van der Waals surface area contributed by atoms with E-state index in [-0.39, 0.29) is 11.7 Å². The number of aromatic nitrogens is 4. The second-order valence-electron chi connectivity index (χ2n) is 8.98. The lowest BCUT2D eigenvalue weighted by molar-refractivity contribution is -0.115. The summed E-state index contributed by atoms with van der Waals surface area (Å²) in [6.07, 6.45) is 5.50. The number of imidazole rings is 1. The number of halogens is 1. The van der Waals surface area contributed by atoms with Crippen LogP contribution in [0.15, 0.2) is 78.2 Å². The number of anilines is 1. The minimum atomic E-state index is -0.287. The standard InChI is InChI=1S/C29H24FN7O/c1-2-25(38)35-22-11-20(14-31-15-22)18-3-4-19-13-32-16-34-26(24(19)12-18)29-36-27-23(9-10-33-28(27)37-29)17-5-7-21(30)8-6-17/h3-12,14-15,32H,2,13,16H2,1H3,(H,35,38)(H,33,36,37). The highest BCUT2D eigenvalue weighted by molar-refractivity contribution is 6.13. The minimum Gasteiger partial charge on any atom is -0.335 e. The lowest BCUT2D eigenvalue weighted by Crippen LogP contribution is -2.11. The highest BCUT2D eigenvalue weighted by Gasteiger charge is 2.20. The van der Waals surface area contributed by atoms with Gasteiger partial charge in [0, 0.05) is 42.0 Å². The molecule has 38 heavy (non-hydrogen) atoms. The number of H-pyrrole nitrogens is 1. The van der Waals surface area contributed by atoms with Gasteiger partial charge in [-0.05, 0) is 47.0 Å². The van der Waals surface area contributed by atoms with Crippen LogP contribution in [0.4, 0.5) is 10.1 Å². The Kier molecular flexibility index (Phi) is 6.19. The van der Waals surface area contributed by atoms with Crippen molar-refractivity contribution in [2.75, 3.05) is 12.0 Å². The van der Waals surface area contributed by atoms with Crippen molar-refractivity contribution in [3.8, 4) is 22.3 Å². The first-order valence-corrected chi connectivity index (χ1v) is 12.3. The van der Waals surface area contributed by atoms with E-state index in [4.69, 9.17) is 9.98 Å². The van der Waals surface area contributed by atoms with Crippen LogP contribution in [0.25, 0.3) is 33.4 Å². The summed E-state index contributed by atoms with van der Waals surface area (Å²) in [7, 11) is 0. The van der Waals surface area contributed by atoms with E-state index in [2.05, 4.69) is 37.7 Å². The van der Waals surface area contributed by atoms with E-state index in [0.29, 0.717) is 36.8 Å². The molecule has 0 aliphatic carbocycles. The summed E-state index contributed by atoms with van der Waals surface area (Å²) >= 11 is 0. The van der Waals surface area contributed by atoms with Crippen LogP contribution < -0.4 is 10.6 Å². The maximum atomic E-state index is 13.5. The van der Waals surface area contributed by atoms with E-state index in [1.807, 2.05) is 25.1 Å². The molecule has 4 heterocycles. The molecule has 1 amide bonds. The number of nitrogens with zero attached hydrogens (tertiary/aromatic N) is 4. The van der Waals surface area contributed by atoms with Crippen molar-refractivity contribution in [2.45, 2.75) is 19.9 Å². The van der Waals surface area contributed by atoms with Gasteiger partial charge in [-0.3, -0.25) is 20.1 Å². The molecule has 1 aliphatic rings. The number of pyridine rings is 2. The van der Waals surface area contributed by atoms with E-state index in [0.717, 1.165) is 44.6 Å². The average Bonchev–Trinajstić information content (AvgIpc) is 3.26. The topological polar surface area (TPSA) is 108 Å². The third-order valence-corrected chi connectivity index (χ3v) is 6.48. The van der Waals surface area contributed by atoms with Gasteiger partial charge in [-0.1, -0.05) is 31.2 Å². The number of nitrogens with one attached hydrogen (secondary N) is 3. The van der Waals surface area contributed by atoms with Gasteiger partial charge in [0.25, 0.3) is 0 Å². The zero-order valence-electron chi connectivity index (χ0n) is 20.6. The summed E-state index contributed by atoms with van der Waals surface area (Å²) < 4.78 is 13.5. The third kappa shape index (κ3) is 4.55. The predicted molar refractivity (Wildman–Crippen MR) is 145 cm³/mol. The molecule has 9 heteroatoms. The van der Waals surface area contributed by atoms with Crippen LogP contribution >= 0.6 is 0 Å². The molecule has 0 saturated heterocycles. The fourth-order valence-electron chi connectivity index (χ4n) is 4.55. The minimum absolute atomic E-state index is 0.0649. The Hall–Kier alpha value is -4.76. The predicted octanol–water partition coefficient (Wildman–Crippen LogP) is 5.07. The fraction of sp³-hybridized carbons (Fsp3) is 0.138. The van der Waals surface area contributed by atoms with Gasteiger partial charge in [0.05, 0.1) is 24.1 Å². The monoisotopic (exact) mass is 505 g/mol. The van der Waals surface area contributed by atoms with Crippen molar-refractivity contribution >= 4 is 28.5 Å². The molecule has 3 aromatic heterocycles. The molecule has 0 saturated carbocycles. The molecule has 0 unspecified atom stereocenters. The van der Waals surface area contributed by atoms with Crippen molar-refractivity contribution in [1.82, 2.24) is 25.3 Å². The molecular formula is C29H24FN7O. The molecule has 5 aromatic rings. The molecule has 188 valence electrons. The summed E-state index contributed by atoms with van der Waals surface area (Å²) in [5, 5.41) is 6.20. The summed E-state index contributed by atoms with van der Waals surface area (Å²) in [5.74, 6) is 0.252. The van der Waals surface area contributed by atoms with Crippen LogP contribution in [0.3, 0.4) is 0 Å². The molecule has 6 rings (SSSR count). The number of hydrogen-bond acceptors (Lipinski definition) is 6. The first kappa shape index (κ1) is 23.6. The maximum absolute atomic E-state index is 13.5. The fourth-order valence-corrected chi connectivity index (χ4v) is 4.55. The second-order valence-corrected chi connectivity index (χ2v) is 8.98. The van der Waals surface area contributed by atoms with Crippen LogP contribution in [0.5, 0.6) is 0 Å². The summed E-state index contributed by atoms with van der Waals surface area (Å²) in [5.41, 5.74) is 8.28. The zero-order chi connectivity index (χ0) is 26.1. The largest absolute Gasteiger partial charge is 0.335 e. The van der Waals surface area contributed by atoms with Gasteiger partial charge in [0.2, 0.25) is 5.91 Å². The van der Waals surface area contributed by atoms with Crippen molar-refractivity contribution in [2.24, 2.45) is 4.99 Å². The second kappa shape index (κ2) is 9.95.